The standard InChI is InChI=1S/C14H21N3O2/c1-5-15-14(19)17-13(18)11(4)16-12-7-6-9(2)8-10(12)3/h6-8,11,16H,5H2,1-4H3,(H2,15,17,18,19)/t11-/m1/s1. The Labute approximate surface area is 113 Å². The molecule has 1 aromatic rings. The van der Waals surface area contributed by atoms with Crippen LogP contribution in [0.3, 0.4) is 0 Å². The molecule has 0 aromatic heterocycles. The molecule has 0 radical (unpaired) electrons. The van der Waals surface area contributed by atoms with Gasteiger partial charge in [0, 0.05) is 12.2 Å². The molecular formula is C14H21N3O2. The summed E-state index contributed by atoms with van der Waals surface area (Å²) in [5.41, 5.74) is 3.13. The molecule has 0 bridgehead atoms. The van der Waals surface area contributed by atoms with Crippen molar-refractivity contribution in [2.24, 2.45) is 0 Å². The average molecular weight is 263 g/mol. The fourth-order valence-corrected chi connectivity index (χ4v) is 1.70. The minimum Gasteiger partial charge on any atom is -0.374 e. The Morgan fingerprint density at radius 1 is 1.26 bits per heavy atom. The topological polar surface area (TPSA) is 70.2 Å². The van der Waals surface area contributed by atoms with Crippen molar-refractivity contribution in [3.05, 3.63) is 29.3 Å². The minimum atomic E-state index is -0.482. The van der Waals surface area contributed by atoms with E-state index in [9.17, 15) is 9.59 Å². The molecule has 0 aliphatic rings. The second-order valence-corrected chi connectivity index (χ2v) is 4.53. The van der Waals surface area contributed by atoms with Gasteiger partial charge in [0.2, 0.25) is 5.91 Å². The van der Waals surface area contributed by atoms with Crippen LogP contribution in [0.2, 0.25) is 0 Å². The highest BCUT2D eigenvalue weighted by Crippen LogP contribution is 2.16. The van der Waals surface area contributed by atoms with Crippen LogP contribution in [0.1, 0.15) is 25.0 Å². The molecule has 104 valence electrons. The number of amides is 3. The van der Waals surface area contributed by atoms with Gasteiger partial charge < -0.3 is 10.6 Å². The number of anilines is 1. The molecule has 0 spiro atoms. The molecule has 0 aliphatic heterocycles. The maximum atomic E-state index is 11.8. The Balaban J connectivity index is 2.61. The number of imide groups is 1. The first-order chi connectivity index (χ1) is 8.93. The predicted molar refractivity (Wildman–Crippen MR) is 76.2 cm³/mol. The van der Waals surface area contributed by atoms with Crippen LogP contribution in [0.15, 0.2) is 18.2 Å². The van der Waals surface area contributed by atoms with Crippen LogP contribution < -0.4 is 16.0 Å². The van der Waals surface area contributed by atoms with Crippen molar-refractivity contribution < 1.29 is 9.59 Å². The Hall–Kier alpha value is -2.04. The van der Waals surface area contributed by atoms with E-state index in [1.807, 2.05) is 32.0 Å². The number of carbonyl (C=O) groups is 2. The van der Waals surface area contributed by atoms with Gasteiger partial charge in [-0.05, 0) is 39.3 Å². The molecule has 0 saturated heterocycles. The van der Waals surface area contributed by atoms with Gasteiger partial charge in [0.25, 0.3) is 0 Å². The molecule has 5 nitrogen and oxygen atoms in total. The zero-order chi connectivity index (χ0) is 14.4. The number of aryl methyl sites for hydroxylation is 2. The van der Waals surface area contributed by atoms with Gasteiger partial charge in [0.15, 0.2) is 0 Å². The molecule has 0 unspecified atom stereocenters. The van der Waals surface area contributed by atoms with E-state index in [1.54, 1.807) is 13.8 Å². The van der Waals surface area contributed by atoms with Gasteiger partial charge in [-0.2, -0.15) is 0 Å². The van der Waals surface area contributed by atoms with E-state index >= 15 is 0 Å². The van der Waals surface area contributed by atoms with E-state index in [2.05, 4.69) is 16.0 Å². The Kier molecular flexibility index (Phi) is 5.36. The third-order valence-corrected chi connectivity index (χ3v) is 2.72. The molecule has 1 rings (SSSR count). The van der Waals surface area contributed by atoms with Crippen LogP contribution in [0, 0.1) is 13.8 Å². The van der Waals surface area contributed by atoms with Crippen LogP contribution >= 0.6 is 0 Å². The molecular weight excluding hydrogens is 242 g/mol. The minimum absolute atomic E-state index is 0.356. The molecule has 0 saturated carbocycles. The maximum absolute atomic E-state index is 11.8. The summed E-state index contributed by atoms with van der Waals surface area (Å²) >= 11 is 0. The predicted octanol–water partition coefficient (Wildman–Crippen LogP) is 1.95. The number of rotatable bonds is 4. The summed E-state index contributed by atoms with van der Waals surface area (Å²) in [4.78, 5) is 23.0. The second-order valence-electron chi connectivity index (χ2n) is 4.53. The van der Waals surface area contributed by atoms with Crippen molar-refractivity contribution >= 4 is 17.6 Å². The summed E-state index contributed by atoms with van der Waals surface area (Å²) in [7, 11) is 0. The van der Waals surface area contributed by atoms with Crippen molar-refractivity contribution in [1.29, 1.82) is 0 Å². The van der Waals surface area contributed by atoms with E-state index in [0.29, 0.717) is 6.54 Å². The SMILES string of the molecule is CCNC(=O)NC(=O)[C@@H](C)Nc1ccc(C)cc1C. The number of nitrogens with one attached hydrogen (secondary N) is 3. The lowest BCUT2D eigenvalue weighted by Crippen LogP contribution is -2.45. The first-order valence-electron chi connectivity index (χ1n) is 6.36. The highest BCUT2D eigenvalue weighted by Gasteiger charge is 2.15. The van der Waals surface area contributed by atoms with Crippen LogP contribution in [-0.2, 0) is 4.79 Å². The van der Waals surface area contributed by atoms with Crippen LogP contribution in [0.5, 0.6) is 0 Å². The quantitative estimate of drug-likeness (QED) is 0.777. The van der Waals surface area contributed by atoms with Gasteiger partial charge in [0.05, 0.1) is 0 Å². The maximum Gasteiger partial charge on any atom is 0.321 e. The molecule has 5 heteroatoms. The third kappa shape index (κ3) is 4.62. The van der Waals surface area contributed by atoms with Crippen LogP contribution in [-0.4, -0.2) is 24.5 Å². The second kappa shape index (κ2) is 6.78. The monoisotopic (exact) mass is 263 g/mol. The lowest BCUT2D eigenvalue weighted by Gasteiger charge is -2.16. The lowest BCUT2D eigenvalue weighted by atomic mass is 10.1. The summed E-state index contributed by atoms with van der Waals surface area (Å²) in [6, 6.07) is 4.99. The van der Waals surface area contributed by atoms with Gasteiger partial charge >= 0.3 is 6.03 Å². The highest BCUT2D eigenvalue weighted by molar-refractivity contribution is 5.98. The molecule has 19 heavy (non-hydrogen) atoms. The molecule has 3 N–H and O–H groups in total. The average Bonchev–Trinajstić information content (AvgIpc) is 2.32. The fourth-order valence-electron chi connectivity index (χ4n) is 1.70. The summed E-state index contributed by atoms with van der Waals surface area (Å²) < 4.78 is 0. The van der Waals surface area contributed by atoms with Crippen molar-refractivity contribution in [2.45, 2.75) is 33.7 Å². The highest BCUT2D eigenvalue weighted by atomic mass is 16.2. The van der Waals surface area contributed by atoms with E-state index in [-0.39, 0.29) is 5.91 Å². The van der Waals surface area contributed by atoms with Crippen molar-refractivity contribution in [1.82, 2.24) is 10.6 Å². The Morgan fingerprint density at radius 3 is 2.53 bits per heavy atom. The summed E-state index contributed by atoms with van der Waals surface area (Å²) in [6.45, 7) is 7.99. The molecule has 1 atom stereocenters. The lowest BCUT2D eigenvalue weighted by molar-refractivity contribution is -0.120. The Morgan fingerprint density at radius 2 is 1.95 bits per heavy atom. The third-order valence-electron chi connectivity index (χ3n) is 2.72. The van der Waals surface area contributed by atoms with Gasteiger partial charge in [-0.15, -0.1) is 0 Å². The molecule has 0 aliphatic carbocycles. The van der Waals surface area contributed by atoms with Crippen molar-refractivity contribution in [3.8, 4) is 0 Å². The zero-order valence-electron chi connectivity index (χ0n) is 11.8. The van der Waals surface area contributed by atoms with Crippen molar-refractivity contribution in [2.75, 3.05) is 11.9 Å². The normalized spacial score (nSPS) is 11.6. The summed E-state index contributed by atoms with van der Waals surface area (Å²) in [5, 5.41) is 7.89. The van der Waals surface area contributed by atoms with Gasteiger partial charge in [-0.1, -0.05) is 17.7 Å². The molecule has 0 fully saturated rings. The smallest absolute Gasteiger partial charge is 0.321 e. The molecule has 1 aromatic carbocycles. The van der Waals surface area contributed by atoms with Crippen LogP contribution in [0.25, 0.3) is 0 Å². The molecule has 0 heterocycles. The number of hydrogen-bond acceptors (Lipinski definition) is 3. The summed E-state index contributed by atoms with van der Waals surface area (Å²) in [6.07, 6.45) is 0. The Bertz CT molecular complexity index is 472. The summed E-state index contributed by atoms with van der Waals surface area (Å²) in [5.74, 6) is -0.356. The zero-order valence-corrected chi connectivity index (χ0v) is 11.8. The first kappa shape index (κ1) is 15.0. The number of urea groups is 1. The first-order valence-corrected chi connectivity index (χ1v) is 6.36. The van der Waals surface area contributed by atoms with Gasteiger partial charge in [-0.25, -0.2) is 4.79 Å². The number of benzene rings is 1. The van der Waals surface area contributed by atoms with Gasteiger partial charge in [0.1, 0.15) is 6.04 Å². The fraction of sp³-hybridized carbons (Fsp3) is 0.429. The van der Waals surface area contributed by atoms with E-state index in [1.165, 1.54) is 5.56 Å². The van der Waals surface area contributed by atoms with E-state index in [4.69, 9.17) is 0 Å². The van der Waals surface area contributed by atoms with E-state index < -0.39 is 12.1 Å². The van der Waals surface area contributed by atoms with Gasteiger partial charge in [-0.3, -0.25) is 10.1 Å². The number of carbonyl (C=O) groups excluding carboxylic acids is 2. The number of hydrogen-bond donors (Lipinski definition) is 3. The van der Waals surface area contributed by atoms with Crippen LogP contribution in [0.4, 0.5) is 10.5 Å². The largest absolute Gasteiger partial charge is 0.374 e. The molecule has 3 amide bonds. The van der Waals surface area contributed by atoms with Crippen molar-refractivity contribution in [3.63, 3.8) is 0 Å². The van der Waals surface area contributed by atoms with E-state index in [0.717, 1.165) is 11.3 Å².